The molecule has 29 heavy (non-hydrogen) atoms. The van der Waals surface area contributed by atoms with Crippen LogP contribution in [0.3, 0.4) is 0 Å². The van der Waals surface area contributed by atoms with Gasteiger partial charge >= 0.3 is 0 Å². The second-order valence-electron chi connectivity index (χ2n) is 12.0. The van der Waals surface area contributed by atoms with Gasteiger partial charge in [-0.05, 0) is 90.8 Å². The van der Waals surface area contributed by atoms with Gasteiger partial charge in [-0.3, -0.25) is 0 Å². The van der Waals surface area contributed by atoms with E-state index in [1.165, 1.54) is 25.7 Å². The molecule has 12 atom stereocenters. The lowest BCUT2D eigenvalue weighted by molar-refractivity contribution is -0.203. The van der Waals surface area contributed by atoms with Crippen molar-refractivity contribution in [2.45, 2.75) is 111 Å². The average Bonchev–Trinajstić information content (AvgIpc) is 2.93. The molecule has 0 aromatic rings. The normalized spacial score (nSPS) is 55.7. The number of aliphatic hydroxyl groups excluding tert-OH is 3. The summed E-state index contributed by atoms with van der Waals surface area (Å²) in [6.07, 6.45) is 8.86. The summed E-state index contributed by atoms with van der Waals surface area (Å²) in [4.78, 5) is 0. The van der Waals surface area contributed by atoms with Gasteiger partial charge in [0.15, 0.2) is 0 Å². The topological polar surface area (TPSA) is 60.7 Å². The first-order chi connectivity index (χ1) is 13.7. The van der Waals surface area contributed by atoms with Gasteiger partial charge in [0.2, 0.25) is 0 Å². The van der Waals surface area contributed by atoms with E-state index < -0.39 is 0 Å². The first-order valence-corrected chi connectivity index (χ1v) is 12.7. The smallest absolute Gasteiger partial charge is 0.0605 e. The lowest BCUT2D eigenvalue weighted by Gasteiger charge is -2.64. The van der Waals surface area contributed by atoms with Crippen molar-refractivity contribution in [3.8, 4) is 0 Å². The zero-order valence-corrected chi connectivity index (χ0v) is 19.5. The van der Waals surface area contributed by atoms with Crippen LogP contribution < -0.4 is 0 Å². The van der Waals surface area contributed by atoms with E-state index in [1.807, 2.05) is 0 Å². The van der Waals surface area contributed by atoms with Crippen molar-refractivity contribution in [1.82, 2.24) is 0 Å². The number of hydrogen-bond acceptors (Lipinski definition) is 3. The van der Waals surface area contributed by atoms with Crippen LogP contribution in [0.2, 0.25) is 0 Å². The predicted octanol–water partition coefficient (Wildman–Crippen LogP) is 5.02. The quantitative estimate of drug-likeness (QED) is 0.614. The molecule has 0 radical (unpaired) electrons. The maximum Gasteiger partial charge on any atom is 0.0605 e. The zero-order valence-electron chi connectivity index (χ0n) is 19.5. The summed E-state index contributed by atoms with van der Waals surface area (Å²) in [5.74, 6) is 2.97. The van der Waals surface area contributed by atoms with Gasteiger partial charge in [-0.1, -0.05) is 53.9 Å². The maximum absolute atomic E-state index is 11.7. The van der Waals surface area contributed by atoms with Gasteiger partial charge < -0.3 is 15.3 Å². The summed E-state index contributed by atoms with van der Waals surface area (Å²) in [6.45, 7) is 11.8. The van der Waals surface area contributed by atoms with Crippen LogP contribution in [0.4, 0.5) is 0 Å². The Balaban J connectivity index is 1.70. The molecule has 4 saturated carbocycles. The number of aliphatic hydroxyl groups is 3. The van der Waals surface area contributed by atoms with Crippen LogP contribution in [0.15, 0.2) is 0 Å². The first-order valence-electron chi connectivity index (χ1n) is 12.7. The fourth-order valence-electron chi connectivity index (χ4n) is 9.68. The van der Waals surface area contributed by atoms with Gasteiger partial charge in [-0.25, -0.2) is 0 Å². The van der Waals surface area contributed by atoms with Crippen LogP contribution in [-0.2, 0) is 0 Å². The van der Waals surface area contributed by atoms with E-state index in [-0.39, 0.29) is 29.1 Å². The first kappa shape index (κ1) is 22.1. The van der Waals surface area contributed by atoms with Crippen LogP contribution in [0.5, 0.6) is 0 Å². The monoisotopic (exact) mass is 406 g/mol. The van der Waals surface area contributed by atoms with Crippen LogP contribution in [0.1, 0.15) is 92.4 Å². The Morgan fingerprint density at radius 3 is 2.24 bits per heavy atom. The van der Waals surface area contributed by atoms with Crippen molar-refractivity contribution in [2.75, 3.05) is 0 Å². The second kappa shape index (κ2) is 7.78. The lowest BCUT2D eigenvalue weighted by Crippen LogP contribution is -2.62. The molecule has 0 aliphatic heterocycles. The molecule has 0 aromatic carbocycles. The average molecular weight is 407 g/mol. The Morgan fingerprint density at radius 1 is 0.897 bits per heavy atom. The van der Waals surface area contributed by atoms with Crippen LogP contribution in [0, 0.1) is 52.3 Å². The van der Waals surface area contributed by atoms with E-state index in [9.17, 15) is 15.3 Å². The number of fused-ring (bicyclic) bond motifs is 5. The third kappa shape index (κ3) is 3.16. The van der Waals surface area contributed by atoms with Crippen LogP contribution >= 0.6 is 0 Å². The molecule has 0 amide bonds. The molecule has 4 aliphatic carbocycles. The third-order valence-electron chi connectivity index (χ3n) is 10.9. The minimum Gasteiger partial charge on any atom is -0.393 e. The highest BCUT2D eigenvalue weighted by Crippen LogP contribution is 2.69. The molecule has 4 rings (SSSR count). The zero-order chi connectivity index (χ0) is 21.1. The molecule has 3 nitrogen and oxygen atoms in total. The van der Waals surface area contributed by atoms with Crippen LogP contribution in [0.25, 0.3) is 0 Å². The third-order valence-corrected chi connectivity index (χ3v) is 10.9. The highest BCUT2D eigenvalue weighted by molar-refractivity contribution is 5.15. The molecule has 4 fully saturated rings. The van der Waals surface area contributed by atoms with E-state index in [0.29, 0.717) is 41.4 Å². The molecule has 3 N–H and O–H groups in total. The van der Waals surface area contributed by atoms with Crippen molar-refractivity contribution >= 4 is 0 Å². The summed E-state index contributed by atoms with van der Waals surface area (Å²) < 4.78 is 0. The lowest BCUT2D eigenvalue weighted by atomic mass is 9.41. The van der Waals surface area contributed by atoms with Gasteiger partial charge in [0.1, 0.15) is 0 Å². The molecule has 0 aromatic heterocycles. The Kier molecular flexibility index (Phi) is 5.93. The summed E-state index contributed by atoms with van der Waals surface area (Å²) in [5.41, 5.74) is 0.398. The van der Waals surface area contributed by atoms with Gasteiger partial charge in [-0.15, -0.1) is 0 Å². The number of hydrogen-bond donors (Lipinski definition) is 3. The Hall–Kier alpha value is -0.120. The summed E-state index contributed by atoms with van der Waals surface area (Å²) in [7, 11) is 0. The predicted molar refractivity (Wildman–Crippen MR) is 117 cm³/mol. The van der Waals surface area contributed by atoms with Crippen molar-refractivity contribution in [3.63, 3.8) is 0 Å². The molecule has 0 spiro atoms. The van der Waals surface area contributed by atoms with Gasteiger partial charge in [0.05, 0.1) is 18.3 Å². The summed E-state index contributed by atoms with van der Waals surface area (Å²) in [5, 5.41) is 33.3. The highest BCUT2D eigenvalue weighted by Gasteiger charge is 2.66. The van der Waals surface area contributed by atoms with Gasteiger partial charge in [-0.2, -0.15) is 0 Å². The van der Waals surface area contributed by atoms with E-state index in [2.05, 4.69) is 34.6 Å². The van der Waals surface area contributed by atoms with Crippen molar-refractivity contribution < 1.29 is 15.3 Å². The standard InChI is InChI=1S/C26H46O3/c1-6-8-15(3)23-21(28)14-20-22-18(10-12-26(20,23)5)25(4)11-9-16(27)13-19(25)17(7-2)24(22)29/h15-24,27-29H,6-14H2,1-5H3/t15-,16-,17-,18?,19+,20?,21+,22-,23+,24-,25-,26+/m1/s1. The van der Waals surface area contributed by atoms with Gasteiger partial charge in [0, 0.05) is 0 Å². The van der Waals surface area contributed by atoms with E-state index in [1.54, 1.807) is 0 Å². The summed E-state index contributed by atoms with van der Waals surface area (Å²) >= 11 is 0. The van der Waals surface area contributed by atoms with Crippen molar-refractivity contribution in [3.05, 3.63) is 0 Å². The van der Waals surface area contributed by atoms with Gasteiger partial charge in [0.25, 0.3) is 0 Å². The Labute approximate surface area is 178 Å². The van der Waals surface area contributed by atoms with E-state index >= 15 is 0 Å². The molecular formula is C26H46O3. The molecule has 3 heteroatoms. The van der Waals surface area contributed by atoms with E-state index in [0.717, 1.165) is 32.1 Å². The minimum absolute atomic E-state index is 0.159. The maximum atomic E-state index is 11.7. The molecule has 4 aliphatic rings. The summed E-state index contributed by atoms with van der Waals surface area (Å²) in [6, 6.07) is 0. The molecule has 0 heterocycles. The molecule has 0 bridgehead atoms. The van der Waals surface area contributed by atoms with Crippen molar-refractivity contribution in [1.29, 1.82) is 0 Å². The fourth-order valence-corrected chi connectivity index (χ4v) is 9.68. The number of rotatable bonds is 4. The molecule has 168 valence electrons. The SMILES string of the molecule is CCC[C@@H](C)[C@H]1[C@@H](O)CC2[C@H]3C(CC[C@@]21C)[C@@]1(C)CC[C@@H](O)C[C@H]1[C@@H](CC)[C@H]3O. The fraction of sp³-hybridized carbons (Fsp3) is 1.00. The van der Waals surface area contributed by atoms with E-state index in [4.69, 9.17) is 0 Å². The molecule has 0 saturated heterocycles. The molecule has 2 unspecified atom stereocenters. The molecular weight excluding hydrogens is 360 g/mol. The highest BCUT2D eigenvalue weighted by atomic mass is 16.3. The van der Waals surface area contributed by atoms with Crippen LogP contribution in [-0.4, -0.2) is 33.6 Å². The largest absolute Gasteiger partial charge is 0.393 e. The minimum atomic E-state index is -0.273. The van der Waals surface area contributed by atoms with Crippen molar-refractivity contribution in [2.24, 2.45) is 52.3 Å². The Morgan fingerprint density at radius 2 is 1.59 bits per heavy atom. The Bertz CT molecular complexity index is 593. The second-order valence-corrected chi connectivity index (χ2v) is 12.0.